The Labute approximate surface area is 187 Å². The highest BCUT2D eigenvalue weighted by Gasteiger charge is 2.28. The number of carbonyl (C=O) groups excluding carboxylic acids is 2. The highest BCUT2D eigenvalue weighted by Crippen LogP contribution is 2.25. The maximum Gasteiger partial charge on any atom is 0.269 e. The van der Waals surface area contributed by atoms with E-state index < -0.39 is 21.8 Å². The van der Waals surface area contributed by atoms with Gasteiger partial charge in [0.05, 0.1) is 19.1 Å². The topological polar surface area (TPSA) is 114 Å². The molecule has 2 N–H and O–H groups in total. The average molecular weight is 462 g/mol. The molecule has 1 heterocycles. The summed E-state index contributed by atoms with van der Waals surface area (Å²) in [6, 6.07) is 9.06. The lowest BCUT2D eigenvalue weighted by molar-refractivity contribution is 0.0846. The van der Waals surface area contributed by atoms with E-state index in [-0.39, 0.29) is 16.0 Å². The first-order chi connectivity index (χ1) is 15.3. The van der Waals surface area contributed by atoms with Crippen molar-refractivity contribution in [3.05, 3.63) is 53.1 Å². The van der Waals surface area contributed by atoms with Gasteiger partial charge in [-0.25, -0.2) is 8.42 Å². The third-order valence-electron chi connectivity index (χ3n) is 5.29. The Kier molecular flexibility index (Phi) is 7.37. The minimum atomic E-state index is -3.70. The van der Waals surface area contributed by atoms with Gasteiger partial charge in [0.2, 0.25) is 10.0 Å². The van der Waals surface area contributed by atoms with Crippen LogP contribution >= 0.6 is 0 Å². The Hall–Kier alpha value is -3.11. The third-order valence-corrected chi connectivity index (χ3v) is 7.33. The Balaban J connectivity index is 1.75. The number of rotatable bonds is 6. The molecule has 1 aliphatic heterocycles. The summed E-state index contributed by atoms with van der Waals surface area (Å²) in [5.41, 5.74) is 5.54. The molecule has 1 saturated heterocycles. The number of benzene rings is 2. The first kappa shape index (κ1) is 23.6. The smallest absolute Gasteiger partial charge is 0.269 e. The molecule has 0 atom stereocenters. The summed E-state index contributed by atoms with van der Waals surface area (Å²) in [6.07, 6.45) is 2.64. The Bertz CT molecular complexity index is 1090. The quantitative estimate of drug-likeness (QED) is 0.638. The number of ether oxygens (including phenoxy) is 2. The number of hydrogen-bond acceptors (Lipinski definition) is 6. The van der Waals surface area contributed by atoms with Gasteiger partial charge in [-0.15, -0.1) is 0 Å². The number of piperidine rings is 1. The Morgan fingerprint density at radius 1 is 0.844 bits per heavy atom. The number of hydrazine groups is 1. The summed E-state index contributed by atoms with van der Waals surface area (Å²) in [7, 11) is -0.773. The van der Waals surface area contributed by atoms with Gasteiger partial charge < -0.3 is 9.47 Å². The highest BCUT2D eigenvalue weighted by atomic mass is 32.2. The SMILES string of the molecule is COc1cc(OC)cc(C(=O)NNC(=O)c2ccc(C)c(S(=O)(=O)N3CCCCC3)c2)c1. The molecule has 0 aliphatic carbocycles. The van der Waals surface area contributed by atoms with Crippen LogP contribution in [0.3, 0.4) is 0 Å². The molecule has 0 saturated carbocycles. The Morgan fingerprint density at radius 3 is 1.97 bits per heavy atom. The van der Waals surface area contributed by atoms with Crippen molar-refractivity contribution < 1.29 is 27.5 Å². The number of nitrogens with zero attached hydrogens (tertiary/aromatic N) is 1. The molecule has 2 aromatic carbocycles. The monoisotopic (exact) mass is 461 g/mol. The number of sulfonamides is 1. The highest BCUT2D eigenvalue weighted by molar-refractivity contribution is 7.89. The number of hydrogen-bond donors (Lipinski definition) is 2. The molecular formula is C22H27N3O6S. The molecular weight excluding hydrogens is 434 g/mol. The molecule has 0 aromatic heterocycles. The molecule has 0 unspecified atom stereocenters. The number of aryl methyl sites for hydroxylation is 1. The van der Waals surface area contributed by atoms with E-state index in [9.17, 15) is 18.0 Å². The molecule has 9 nitrogen and oxygen atoms in total. The van der Waals surface area contributed by atoms with Gasteiger partial charge in [-0.3, -0.25) is 20.4 Å². The van der Waals surface area contributed by atoms with E-state index >= 15 is 0 Å². The number of methoxy groups -OCH3 is 2. The van der Waals surface area contributed by atoms with Crippen LogP contribution in [-0.4, -0.2) is 51.8 Å². The first-order valence-electron chi connectivity index (χ1n) is 10.2. The minimum absolute atomic E-state index is 0.0934. The lowest BCUT2D eigenvalue weighted by Gasteiger charge is -2.26. The van der Waals surface area contributed by atoms with Gasteiger partial charge in [0.15, 0.2) is 0 Å². The van der Waals surface area contributed by atoms with Crippen LogP contribution in [0.2, 0.25) is 0 Å². The van der Waals surface area contributed by atoms with E-state index in [2.05, 4.69) is 10.9 Å². The van der Waals surface area contributed by atoms with E-state index in [1.54, 1.807) is 19.1 Å². The number of carbonyl (C=O) groups is 2. The van der Waals surface area contributed by atoms with Crippen molar-refractivity contribution in [2.45, 2.75) is 31.1 Å². The molecule has 1 fully saturated rings. The second-order valence-electron chi connectivity index (χ2n) is 7.45. The fourth-order valence-electron chi connectivity index (χ4n) is 3.46. The molecule has 0 bridgehead atoms. The molecule has 0 spiro atoms. The van der Waals surface area contributed by atoms with Gasteiger partial charge in [-0.2, -0.15) is 4.31 Å². The molecule has 0 radical (unpaired) electrons. The summed E-state index contributed by atoms with van der Waals surface area (Å²) in [5.74, 6) is -0.369. The van der Waals surface area contributed by atoms with Crippen molar-refractivity contribution in [3.63, 3.8) is 0 Å². The second-order valence-corrected chi connectivity index (χ2v) is 9.36. The van der Waals surface area contributed by atoms with E-state index in [1.165, 1.54) is 42.8 Å². The largest absolute Gasteiger partial charge is 0.497 e. The molecule has 2 amide bonds. The van der Waals surface area contributed by atoms with Crippen LogP contribution in [0.25, 0.3) is 0 Å². The van der Waals surface area contributed by atoms with Gasteiger partial charge in [-0.1, -0.05) is 12.5 Å². The van der Waals surface area contributed by atoms with E-state index in [0.29, 0.717) is 30.2 Å². The molecule has 32 heavy (non-hydrogen) atoms. The van der Waals surface area contributed by atoms with Gasteiger partial charge in [0.1, 0.15) is 11.5 Å². The summed E-state index contributed by atoms with van der Waals surface area (Å²) in [5, 5.41) is 0. The molecule has 1 aliphatic rings. The standard InChI is InChI=1S/C22H27N3O6S/c1-15-7-8-16(13-20(15)32(28,29)25-9-5-4-6-10-25)21(26)23-24-22(27)17-11-18(30-2)14-19(12-17)31-3/h7-8,11-14H,4-6,9-10H2,1-3H3,(H,23,26)(H,24,27). The van der Waals surface area contributed by atoms with Crippen molar-refractivity contribution in [2.24, 2.45) is 0 Å². The number of amides is 2. The Morgan fingerprint density at radius 2 is 1.41 bits per heavy atom. The van der Waals surface area contributed by atoms with E-state index in [4.69, 9.17) is 9.47 Å². The van der Waals surface area contributed by atoms with Crippen LogP contribution < -0.4 is 20.3 Å². The predicted octanol–water partition coefficient (Wildman–Crippen LogP) is 2.26. The maximum absolute atomic E-state index is 13.1. The van der Waals surface area contributed by atoms with Crippen LogP contribution in [0, 0.1) is 6.92 Å². The maximum atomic E-state index is 13.1. The fraction of sp³-hybridized carbons (Fsp3) is 0.364. The van der Waals surface area contributed by atoms with Crippen molar-refractivity contribution >= 4 is 21.8 Å². The molecule has 172 valence electrons. The van der Waals surface area contributed by atoms with Crippen LogP contribution in [0.1, 0.15) is 45.5 Å². The van der Waals surface area contributed by atoms with Crippen LogP contribution in [0.4, 0.5) is 0 Å². The summed E-state index contributed by atoms with van der Waals surface area (Å²) in [4.78, 5) is 25.2. The molecule has 3 rings (SSSR count). The summed E-state index contributed by atoms with van der Waals surface area (Å²) in [6.45, 7) is 2.63. The summed E-state index contributed by atoms with van der Waals surface area (Å²) < 4.78 is 37.8. The normalized spacial score (nSPS) is 14.5. The predicted molar refractivity (Wildman–Crippen MR) is 118 cm³/mol. The zero-order chi connectivity index (χ0) is 23.3. The van der Waals surface area contributed by atoms with Crippen LogP contribution in [-0.2, 0) is 10.0 Å². The van der Waals surface area contributed by atoms with Gasteiger partial charge in [0, 0.05) is 30.3 Å². The first-order valence-corrected chi connectivity index (χ1v) is 11.6. The van der Waals surface area contributed by atoms with Crippen LogP contribution in [0.5, 0.6) is 11.5 Å². The average Bonchev–Trinajstić information content (AvgIpc) is 2.82. The van der Waals surface area contributed by atoms with Crippen molar-refractivity contribution in [1.82, 2.24) is 15.2 Å². The third kappa shape index (κ3) is 5.20. The van der Waals surface area contributed by atoms with Gasteiger partial charge in [-0.05, 0) is 49.6 Å². The fourth-order valence-corrected chi connectivity index (χ4v) is 5.23. The lowest BCUT2D eigenvalue weighted by atomic mass is 10.1. The zero-order valence-corrected chi connectivity index (χ0v) is 19.1. The molecule has 2 aromatic rings. The van der Waals surface area contributed by atoms with Crippen molar-refractivity contribution in [2.75, 3.05) is 27.3 Å². The van der Waals surface area contributed by atoms with Gasteiger partial charge in [0.25, 0.3) is 11.8 Å². The number of nitrogens with one attached hydrogen (secondary N) is 2. The van der Waals surface area contributed by atoms with Crippen molar-refractivity contribution in [1.29, 1.82) is 0 Å². The zero-order valence-electron chi connectivity index (χ0n) is 18.3. The summed E-state index contributed by atoms with van der Waals surface area (Å²) >= 11 is 0. The molecule has 10 heteroatoms. The second kappa shape index (κ2) is 10.0. The van der Waals surface area contributed by atoms with Crippen LogP contribution in [0.15, 0.2) is 41.3 Å². The van der Waals surface area contributed by atoms with E-state index in [0.717, 1.165) is 19.3 Å². The van der Waals surface area contributed by atoms with Gasteiger partial charge >= 0.3 is 0 Å². The minimum Gasteiger partial charge on any atom is -0.497 e. The lowest BCUT2D eigenvalue weighted by Crippen LogP contribution is -2.41. The van der Waals surface area contributed by atoms with Crippen molar-refractivity contribution in [3.8, 4) is 11.5 Å². The van der Waals surface area contributed by atoms with E-state index in [1.807, 2.05) is 0 Å².